The molecule has 102 valence electrons. The summed E-state index contributed by atoms with van der Waals surface area (Å²) in [6.07, 6.45) is 5.68. The Balaban J connectivity index is 2.61. The SMILES string of the molecule is CCNCC1(C(C)C)CCC(C(C)(C)C)CC1. The zero-order valence-electron chi connectivity index (χ0n) is 12.9. The van der Waals surface area contributed by atoms with Crippen molar-refractivity contribution >= 4 is 0 Å². The van der Waals surface area contributed by atoms with Gasteiger partial charge < -0.3 is 5.32 Å². The third-order valence-corrected chi connectivity index (χ3v) is 5.16. The second-order valence-corrected chi connectivity index (χ2v) is 7.44. The normalized spacial score (nSPS) is 30.9. The van der Waals surface area contributed by atoms with Gasteiger partial charge in [-0.2, -0.15) is 0 Å². The first kappa shape index (κ1) is 15.0. The lowest BCUT2D eigenvalue weighted by Gasteiger charge is -2.46. The number of rotatable bonds is 4. The Hall–Kier alpha value is -0.0400. The molecule has 0 amide bonds. The molecule has 1 aliphatic rings. The molecule has 1 N–H and O–H groups in total. The third-order valence-electron chi connectivity index (χ3n) is 5.16. The standard InChI is InChI=1S/C16H33N/c1-7-17-12-16(13(2)3)10-8-14(9-11-16)15(4,5)6/h13-14,17H,7-12H2,1-6H3. The van der Waals surface area contributed by atoms with Crippen molar-refractivity contribution in [1.29, 1.82) is 0 Å². The predicted octanol–water partition coefficient (Wildman–Crippen LogP) is 4.47. The fraction of sp³-hybridized carbons (Fsp3) is 1.00. The Morgan fingerprint density at radius 2 is 1.71 bits per heavy atom. The Morgan fingerprint density at radius 1 is 1.18 bits per heavy atom. The third kappa shape index (κ3) is 3.71. The Morgan fingerprint density at radius 3 is 2.06 bits per heavy atom. The summed E-state index contributed by atoms with van der Waals surface area (Å²) in [5.41, 5.74) is 1.07. The van der Waals surface area contributed by atoms with E-state index in [0.29, 0.717) is 10.8 Å². The highest BCUT2D eigenvalue weighted by atomic mass is 14.9. The molecule has 1 rings (SSSR count). The molecular weight excluding hydrogens is 206 g/mol. The molecule has 1 nitrogen and oxygen atoms in total. The first-order chi connectivity index (χ1) is 7.82. The van der Waals surface area contributed by atoms with Crippen LogP contribution in [0.1, 0.15) is 67.2 Å². The highest BCUT2D eigenvalue weighted by Gasteiger charge is 2.40. The van der Waals surface area contributed by atoms with Gasteiger partial charge in [0.05, 0.1) is 0 Å². The van der Waals surface area contributed by atoms with Gasteiger partial charge in [-0.05, 0) is 54.9 Å². The molecule has 0 bridgehead atoms. The topological polar surface area (TPSA) is 12.0 Å². The van der Waals surface area contributed by atoms with Crippen LogP contribution in [0.4, 0.5) is 0 Å². The van der Waals surface area contributed by atoms with E-state index in [1.165, 1.54) is 32.2 Å². The van der Waals surface area contributed by atoms with Crippen molar-refractivity contribution in [2.45, 2.75) is 67.2 Å². The summed E-state index contributed by atoms with van der Waals surface area (Å²) in [6, 6.07) is 0. The van der Waals surface area contributed by atoms with E-state index < -0.39 is 0 Å². The summed E-state index contributed by atoms with van der Waals surface area (Å²) in [6.45, 7) is 16.6. The van der Waals surface area contributed by atoms with Crippen LogP contribution in [0.25, 0.3) is 0 Å². The fourth-order valence-electron chi connectivity index (χ4n) is 3.39. The molecule has 0 aromatic rings. The van der Waals surface area contributed by atoms with Gasteiger partial charge in [0.15, 0.2) is 0 Å². The molecule has 1 saturated carbocycles. The van der Waals surface area contributed by atoms with Gasteiger partial charge >= 0.3 is 0 Å². The Kier molecular flexibility index (Phi) is 5.07. The van der Waals surface area contributed by atoms with Crippen LogP contribution >= 0.6 is 0 Å². The first-order valence-corrected chi connectivity index (χ1v) is 7.52. The van der Waals surface area contributed by atoms with Crippen molar-refractivity contribution in [2.75, 3.05) is 13.1 Å². The highest BCUT2D eigenvalue weighted by molar-refractivity contribution is 4.92. The Bertz CT molecular complexity index is 216. The monoisotopic (exact) mass is 239 g/mol. The van der Waals surface area contributed by atoms with E-state index in [1.54, 1.807) is 0 Å². The quantitative estimate of drug-likeness (QED) is 0.763. The minimum absolute atomic E-state index is 0.501. The highest BCUT2D eigenvalue weighted by Crippen LogP contribution is 2.48. The maximum absolute atomic E-state index is 3.59. The molecule has 1 heteroatoms. The Labute approximate surface area is 109 Å². The number of nitrogens with one attached hydrogen (secondary N) is 1. The van der Waals surface area contributed by atoms with Gasteiger partial charge in [0, 0.05) is 6.54 Å². The zero-order valence-corrected chi connectivity index (χ0v) is 12.9. The van der Waals surface area contributed by atoms with E-state index in [9.17, 15) is 0 Å². The van der Waals surface area contributed by atoms with Crippen LogP contribution in [-0.4, -0.2) is 13.1 Å². The van der Waals surface area contributed by atoms with E-state index in [0.717, 1.165) is 18.4 Å². The van der Waals surface area contributed by atoms with Crippen LogP contribution in [0.3, 0.4) is 0 Å². The van der Waals surface area contributed by atoms with Gasteiger partial charge in [0.1, 0.15) is 0 Å². The molecule has 0 aromatic carbocycles. The summed E-state index contributed by atoms with van der Waals surface area (Å²) in [5.74, 6) is 1.73. The molecule has 0 heterocycles. The predicted molar refractivity (Wildman–Crippen MR) is 77.2 cm³/mol. The average molecular weight is 239 g/mol. The van der Waals surface area contributed by atoms with Crippen molar-refractivity contribution in [3.63, 3.8) is 0 Å². The molecular formula is C16H33N. The summed E-state index contributed by atoms with van der Waals surface area (Å²) in [4.78, 5) is 0. The number of hydrogen-bond acceptors (Lipinski definition) is 1. The van der Waals surface area contributed by atoms with E-state index in [4.69, 9.17) is 0 Å². The molecule has 0 radical (unpaired) electrons. The molecule has 0 unspecified atom stereocenters. The van der Waals surface area contributed by atoms with E-state index in [-0.39, 0.29) is 0 Å². The summed E-state index contributed by atoms with van der Waals surface area (Å²) < 4.78 is 0. The second kappa shape index (κ2) is 5.73. The molecule has 0 spiro atoms. The van der Waals surface area contributed by atoms with Gasteiger partial charge in [0.2, 0.25) is 0 Å². The van der Waals surface area contributed by atoms with Crippen LogP contribution in [0.2, 0.25) is 0 Å². The average Bonchev–Trinajstić information content (AvgIpc) is 2.25. The van der Waals surface area contributed by atoms with E-state index in [1.807, 2.05) is 0 Å². The minimum Gasteiger partial charge on any atom is -0.316 e. The molecule has 0 atom stereocenters. The molecule has 0 aliphatic heterocycles. The zero-order chi connectivity index (χ0) is 13.1. The van der Waals surface area contributed by atoms with Gasteiger partial charge in [0.25, 0.3) is 0 Å². The van der Waals surface area contributed by atoms with Crippen LogP contribution in [-0.2, 0) is 0 Å². The summed E-state index contributed by atoms with van der Waals surface area (Å²) in [5, 5.41) is 3.59. The lowest BCUT2D eigenvalue weighted by molar-refractivity contribution is 0.0517. The lowest BCUT2D eigenvalue weighted by atomic mass is 9.60. The second-order valence-electron chi connectivity index (χ2n) is 7.44. The van der Waals surface area contributed by atoms with Crippen molar-refractivity contribution in [1.82, 2.24) is 5.32 Å². The minimum atomic E-state index is 0.501. The maximum atomic E-state index is 3.59. The molecule has 0 saturated heterocycles. The van der Waals surface area contributed by atoms with Crippen LogP contribution in [0, 0.1) is 22.7 Å². The van der Waals surface area contributed by atoms with Crippen LogP contribution in [0.15, 0.2) is 0 Å². The molecule has 0 aromatic heterocycles. The lowest BCUT2D eigenvalue weighted by Crippen LogP contribution is -2.43. The van der Waals surface area contributed by atoms with E-state index >= 15 is 0 Å². The maximum Gasteiger partial charge on any atom is 0.00101 e. The van der Waals surface area contributed by atoms with Crippen molar-refractivity contribution in [3.05, 3.63) is 0 Å². The van der Waals surface area contributed by atoms with Crippen LogP contribution in [0.5, 0.6) is 0 Å². The van der Waals surface area contributed by atoms with Gasteiger partial charge in [-0.25, -0.2) is 0 Å². The molecule has 1 fully saturated rings. The first-order valence-electron chi connectivity index (χ1n) is 7.52. The van der Waals surface area contributed by atoms with Crippen molar-refractivity contribution < 1.29 is 0 Å². The van der Waals surface area contributed by atoms with Gasteiger partial charge in [-0.1, -0.05) is 41.5 Å². The smallest absolute Gasteiger partial charge is 0.00101 e. The van der Waals surface area contributed by atoms with E-state index in [2.05, 4.69) is 46.9 Å². The largest absolute Gasteiger partial charge is 0.316 e. The van der Waals surface area contributed by atoms with Crippen molar-refractivity contribution in [2.24, 2.45) is 22.7 Å². The molecule has 17 heavy (non-hydrogen) atoms. The van der Waals surface area contributed by atoms with Gasteiger partial charge in [-0.15, -0.1) is 0 Å². The van der Waals surface area contributed by atoms with Gasteiger partial charge in [-0.3, -0.25) is 0 Å². The number of hydrogen-bond donors (Lipinski definition) is 1. The summed E-state index contributed by atoms with van der Waals surface area (Å²) in [7, 11) is 0. The summed E-state index contributed by atoms with van der Waals surface area (Å²) >= 11 is 0. The fourth-order valence-corrected chi connectivity index (χ4v) is 3.39. The van der Waals surface area contributed by atoms with Crippen LogP contribution < -0.4 is 5.32 Å². The molecule has 1 aliphatic carbocycles. The van der Waals surface area contributed by atoms with Crippen molar-refractivity contribution in [3.8, 4) is 0 Å².